The molecule has 2 aromatic rings. The minimum Gasteiger partial charge on any atom is -0.486 e. The van der Waals surface area contributed by atoms with Crippen LogP contribution in [0, 0.1) is 0 Å². The molecule has 3 rings (SSSR count). The molecule has 2 N–H and O–H groups in total. The van der Waals surface area contributed by atoms with Crippen LogP contribution >= 0.6 is 0 Å². The van der Waals surface area contributed by atoms with Crippen LogP contribution < -0.4 is 14.8 Å². The number of hydrogen-bond acceptors (Lipinski definition) is 4. The smallest absolute Gasteiger partial charge is 0.165 e. The quantitative estimate of drug-likeness (QED) is 0.820. The molecule has 2 unspecified atom stereocenters. The molecule has 0 spiro atoms. The van der Waals surface area contributed by atoms with E-state index in [2.05, 4.69) is 23.5 Å². The second kappa shape index (κ2) is 8.18. The van der Waals surface area contributed by atoms with Crippen molar-refractivity contribution in [1.82, 2.24) is 5.32 Å². The van der Waals surface area contributed by atoms with Gasteiger partial charge in [0.05, 0.1) is 6.10 Å². The number of para-hydroxylation sites is 1. The summed E-state index contributed by atoms with van der Waals surface area (Å²) in [5.41, 5.74) is 2.36. The number of ether oxygens (including phenoxy) is 2. The third-order valence-electron chi connectivity index (χ3n) is 4.25. The normalized spacial score (nSPS) is 15.8. The van der Waals surface area contributed by atoms with Crippen molar-refractivity contribution in [2.24, 2.45) is 0 Å². The van der Waals surface area contributed by atoms with Crippen molar-refractivity contribution < 1.29 is 14.6 Å². The fourth-order valence-electron chi connectivity index (χ4n) is 3.13. The van der Waals surface area contributed by atoms with Crippen LogP contribution in [0.1, 0.15) is 30.4 Å². The Labute approximate surface area is 143 Å². The van der Waals surface area contributed by atoms with Crippen LogP contribution in [0.2, 0.25) is 0 Å². The predicted octanol–water partition coefficient (Wildman–Crippen LogP) is 3.10. The van der Waals surface area contributed by atoms with E-state index in [1.807, 2.05) is 37.3 Å². The summed E-state index contributed by atoms with van der Waals surface area (Å²) in [6, 6.07) is 16.3. The third kappa shape index (κ3) is 4.28. The molecule has 2 aromatic carbocycles. The van der Waals surface area contributed by atoms with Gasteiger partial charge in [-0.1, -0.05) is 42.5 Å². The number of benzene rings is 2. The van der Waals surface area contributed by atoms with Gasteiger partial charge in [0.2, 0.25) is 0 Å². The molecule has 4 nitrogen and oxygen atoms in total. The van der Waals surface area contributed by atoms with Gasteiger partial charge in [0, 0.05) is 18.7 Å². The zero-order valence-electron chi connectivity index (χ0n) is 14.1. The number of fused-ring (bicyclic) bond motifs is 1. The van der Waals surface area contributed by atoms with E-state index in [1.165, 1.54) is 5.56 Å². The Morgan fingerprint density at radius 2 is 1.83 bits per heavy atom. The maximum atomic E-state index is 9.79. The Kier molecular flexibility index (Phi) is 5.72. The van der Waals surface area contributed by atoms with Crippen molar-refractivity contribution in [3.63, 3.8) is 0 Å². The number of nitrogens with one attached hydrogen (secondary N) is 1. The summed E-state index contributed by atoms with van der Waals surface area (Å²) in [5, 5.41) is 13.3. The van der Waals surface area contributed by atoms with Crippen LogP contribution in [0.4, 0.5) is 0 Å². The summed E-state index contributed by atoms with van der Waals surface area (Å²) in [7, 11) is 0. The van der Waals surface area contributed by atoms with Gasteiger partial charge in [-0.25, -0.2) is 0 Å². The van der Waals surface area contributed by atoms with E-state index in [4.69, 9.17) is 9.47 Å². The molecule has 0 fully saturated rings. The molecule has 128 valence electrons. The van der Waals surface area contributed by atoms with E-state index in [9.17, 15) is 5.11 Å². The van der Waals surface area contributed by atoms with Gasteiger partial charge in [-0.05, 0) is 30.9 Å². The molecule has 0 saturated carbocycles. The van der Waals surface area contributed by atoms with Crippen molar-refractivity contribution in [2.45, 2.75) is 31.9 Å². The third-order valence-corrected chi connectivity index (χ3v) is 4.25. The second-order valence-corrected chi connectivity index (χ2v) is 6.26. The lowest BCUT2D eigenvalue weighted by Crippen LogP contribution is -2.25. The first kappa shape index (κ1) is 16.8. The Morgan fingerprint density at radius 1 is 1.04 bits per heavy atom. The van der Waals surface area contributed by atoms with E-state index < -0.39 is 0 Å². The molecule has 0 saturated heterocycles. The van der Waals surface area contributed by atoms with Crippen LogP contribution in [0.25, 0.3) is 0 Å². The monoisotopic (exact) mass is 327 g/mol. The van der Waals surface area contributed by atoms with E-state index in [0.717, 1.165) is 36.6 Å². The molecule has 0 aromatic heterocycles. The molecule has 0 aliphatic carbocycles. The van der Waals surface area contributed by atoms with Gasteiger partial charge in [-0.3, -0.25) is 0 Å². The van der Waals surface area contributed by atoms with Gasteiger partial charge in [0.15, 0.2) is 11.5 Å². The number of aliphatic hydroxyl groups is 1. The highest BCUT2D eigenvalue weighted by atomic mass is 16.6. The average molecular weight is 327 g/mol. The molecule has 1 heterocycles. The first-order valence-electron chi connectivity index (χ1n) is 8.55. The summed E-state index contributed by atoms with van der Waals surface area (Å²) in [6.07, 6.45) is 0.419. The summed E-state index contributed by atoms with van der Waals surface area (Å²) >= 11 is 0. The van der Waals surface area contributed by atoms with Gasteiger partial charge in [-0.2, -0.15) is 0 Å². The average Bonchev–Trinajstić information content (AvgIpc) is 2.61. The molecule has 0 bridgehead atoms. The summed E-state index contributed by atoms with van der Waals surface area (Å²) < 4.78 is 11.4. The molecular formula is C20H25NO3. The SMILES string of the molecule is CC(O)CC(CNCc1cccc2c1OCCO2)c1ccccc1. The van der Waals surface area contributed by atoms with Crippen LogP contribution in [0.5, 0.6) is 11.5 Å². The zero-order chi connectivity index (χ0) is 16.8. The van der Waals surface area contributed by atoms with Crippen LogP contribution in [-0.2, 0) is 6.54 Å². The highest BCUT2D eigenvalue weighted by Gasteiger charge is 2.17. The molecule has 1 aliphatic heterocycles. The van der Waals surface area contributed by atoms with Crippen LogP contribution in [0.3, 0.4) is 0 Å². The zero-order valence-corrected chi connectivity index (χ0v) is 14.1. The van der Waals surface area contributed by atoms with Gasteiger partial charge in [0.1, 0.15) is 13.2 Å². The number of aliphatic hydroxyl groups excluding tert-OH is 1. The Balaban J connectivity index is 1.63. The molecule has 0 amide bonds. The maximum Gasteiger partial charge on any atom is 0.165 e. The summed E-state index contributed by atoms with van der Waals surface area (Å²) in [6.45, 7) is 4.57. The molecule has 0 radical (unpaired) electrons. The second-order valence-electron chi connectivity index (χ2n) is 6.26. The number of rotatable bonds is 7. The van der Waals surface area contributed by atoms with Crippen molar-refractivity contribution >= 4 is 0 Å². The van der Waals surface area contributed by atoms with Gasteiger partial charge >= 0.3 is 0 Å². The van der Waals surface area contributed by atoms with E-state index in [-0.39, 0.29) is 12.0 Å². The molecule has 24 heavy (non-hydrogen) atoms. The predicted molar refractivity (Wildman–Crippen MR) is 94.6 cm³/mol. The van der Waals surface area contributed by atoms with Crippen molar-refractivity contribution in [3.05, 3.63) is 59.7 Å². The Bertz CT molecular complexity index is 643. The van der Waals surface area contributed by atoms with Crippen molar-refractivity contribution in [3.8, 4) is 11.5 Å². The van der Waals surface area contributed by atoms with Gasteiger partial charge in [-0.15, -0.1) is 0 Å². The minimum atomic E-state index is -0.321. The van der Waals surface area contributed by atoms with E-state index >= 15 is 0 Å². The standard InChI is InChI=1S/C20H25NO3/c1-15(22)12-18(16-6-3-2-4-7-16)14-21-13-17-8-5-9-19-20(17)24-11-10-23-19/h2-9,15,18,21-22H,10-14H2,1H3. The Hall–Kier alpha value is -2.04. The topological polar surface area (TPSA) is 50.7 Å². The largest absolute Gasteiger partial charge is 0.486 e. The van der Waals surface area contributed by atoms with Gasteiger partial charge in [0.25, 0.3) is 0 Å². The van der Waals surface area contributed by atoms with Crippen molar-refractivity contribution in [1.29, 1.82) is 0 Å². The van der Waals surface area contributed by atoms with Gasteiger partial charge < -0.3 is 19.9 Å². The lowest BCUT2D eigenvalue weighted by molar-refractivity contribution is 0.169. The minimum absolute atomic E-state index is 0.280. The fraction of sp³-hybridized carbons (Fsp3) is 0.400. The first-order chi connectivity index (χ1) is 11.7. The van der Waals surface area contributed by atoms with E-state index in [0.29, 0.717) is 13.2 Å². The fourth-order valence-corrected chi connectivity index (χ4v) is 3.13. The molecular weight excluding hydrogens is 302 g/mol. The van der Waals surface area contributed by atoms with E-state index in [1.54, 1.807) is 0 Å². The summed E-state index contributed by atoms with van der Waals surface area (Å²) in [5.74, 6) is 1.95. The highest BCUT2D eigenvalue weighted by Crippen LogP contribution is 2.33. The lowest BCUT2D eigenvalue weighted by Gasteiger charge is -2.22. The molecule has 4 heteroatoms. The highest BCUT2D eigenvalue weighted by molar-refractivity contribution is 5.47. The van der Waals surface area contributed by atoms with Crippen molar-refractivity contribution in [2.75, 3.05) is 19.8 Å². The lowest BCUT2D eigenvalue weighted by atomic mass is 9.93. The van der Waals surface area contributed by atoms with Crippen LogP contribution in [-0.4, -0.2) is 31.0 Å². The molecule has 1 aliphatic rings. The van der Waals surface area contributed by atoms with Crippen LogP contribution in [0.15, 0.2) is 48.5 Å². The Morgan fingerprint density at radius 3 is 2.62 bits per heavy atom. The molecule has 2 atom stereocenters. The number of hydrogen-bond donors (Lipinski definition) is 2. The maximum absolute atomic E-state index is 9.79. The first-order valence-corrected chi connectivity index (χ1v) is 8.55. The summed E-state index contributed by atoms with van der Waals surface area (Å²) in [4.78, 5) is 0.